The van der Waals surface area contributed by atoms with Crippen LogP contribution in [0.2, 0.25) is 0 Å². The number of hydrogen-bond donors (Lipinski definition) is 2. The monoisotopic (exact) mass is 208 g/mol. The Morgan fingerprint density at radius 2 is 2.33 bits per heavy atom. The summed E-state index contributed by atoms with van der Waals surface area (Å²) in [6.07, 6.45) is 2.55. The highest BCUT2D eigenvalue weighted by molar-refractivity contribution is 5.93. The molecule has 1 amide bonds. The Kier molecular flexibility index (Phi) is 3.85. The molecule has 1 rings (SSSR count). The fourth-order valence-electron chi connectivity index (χ4n) is 1.08. The van der Waals surface area contributed by atoms with Crippen molar-refractivity contribution < 1.29 is 9.18 Å². The lowest BCUT2D eigenvalue weighted by Crippen LogP contribution is -2.12. The van der Waals surface area contributed by atoms with Crippen LogP contribution in [0.5, 0.6) is 0 Å². The Hall–Kier alpha value is -1.84. The average molecular weight is 208 g/mol. The van der Waals surface area contributed by atoms with Crippen molar-refractivity contribution >= 4 is 17.3 Å². The van der Waals surface area contributed by atoms with Gasteiger partial charge in [0.1, 0.15) is 5.82 Å². The number of nitrogens with two attached hydrogens (primary N) is 1. The molecular weight excluding hydrogens is 195 g/mol. The zero-order chi connectivity index (χ0) is 11.3. The smallest absolute Gasteiger partial charge is 0.224 e. The molecule has 1 aromatic carbocycles. The van der Waals surface area contributed by atoms with E-state index in [2.05, 4.69) is 11.9 Å². The van der Waals surface area contributed by atoms with Gasteiger partial charge < -0.3 is 11.1 Å². The van der Waals surface area contributed by atoms with Gasteiger partial charge in [-0.25, -0.2) is 4.39 Å². The first-order chi connectivity index (χ1) is 7.13. The number of anilines is 2. The molecule has 0 aromatic heterocycles. The van der Waals surface area contributed by atoms with E-state index in [0.717, 1.165) is 0 Å². The van der Waals surface area contributed by atoms with E-state index in [-0.39, 0.29) is 5.91 Å². The summed E-state index contributed by atoms with van der Waals surface area (Å²) in [5.41, 5.74) is 6.22. The van der Waals surface area contributed by atoms with E-state index in [1.165, 1.54) is 18.2 Å². The number of halogens is 1. The number of allylic oxidation sites excluding steroid dienone is 1. The highest BCUT2D eigenvalue weighted by atomic mass is 19.1. The van der Waals surface area contributed by atoms with Crippen molar-refractivity contribution in [3.8, 4) is 0 Å². The summed E-state index contributed by atoms with van der Waals surface area (Å²) in [6, 6.07) is 3.86. The standard InChI is InChI=1S/C11H13FN2O/c1-2-3-4-11(15)14-10-7-8(12)5-6-9(10)13/h2,5-7H,1,3-4,13H2,(H,14,15). The van der Waals surface area contributed by atoms with Crippen molar-refractivity contribution in [3.05, 3.63) is 36.7 Å². The third kappa shape index (κ3) is 3.42. The second kappa shape index (κ2) is 5.14. The Morgan fingerprint density at radius 3 is 3.00 bits per heavy atom. The van der Waals surface area contributed by atoms with Gasteiger partial charge in [0.2, 0.25) is 5.91 Å². The van der Waals surface area contributed by atoms with Gasteiger partial charge in [-0.2, -0.15) is 0 Å². The number of carbonyl (C=O) groups is 1. The average Bonchev–Trinajstić information content (AvgIpc) is 2.20. The van der Waals surface area contributed by atoms with Gasteiger partial charge in [-0.15, -0.1) is 6.58 Å². The van der Waals surface area contributed by atoms with Crippen LogP contribution < -0.4 is 11.1 Å². The fraction of sp³-hybridized carbons (Fsp3) is 0.182. The molecule has 0 radical (unpaired) electrons. The lowest BCUT2D eigenvalue weighted by molar-refractivity contribution is -0.116. The first kappa shape index (κ1) is 11.2. The molecule has 80 valence electrons. The van der Waals surface area contributed by atoms with Crippen molar-refractivity contribution in [3.63, 3.8) is 0 Å². The highest BCUT2D eigenvalue weighted by Gasteiger charge is 2.05. The maximum atomic E-state index is 12.8. The third-order valence-electron chi connectivity index (χ3n) is 1.86. The summed E-state index contributed by atoms with van der Waals surface area (Å²) in [4.78, 5) is 11.3. The molecule has 1 aromatic rings. The number of benzene rings is 1. The van der Waals surface area contributed by atoms with Gasteiger partial charge in [0.25, 0.3) is 0 Å². The van der Waals surface area contributed by atoms with Crippen LogP contribution in [0.1, 0.15) is 12.8 Å². The second-order valence-electron chi connectivity index (χ2n) is 3.11. The van der Waals surface area contributed by atoms with Crippen LogP contribution in [-0.2, 0) is 4.79 Å². The highest BCUT2D eigenvalue weighted by Crippen LogP contribution is 2.19. The minimum atomic E-state index is -0.428. The van der Waals surface area contributed by atoms with Gasteiger partial charge in [0, 0.05) is 6.42 Å². The van der Waals surface area contributed by atoms with Crippen LogP contribution >= 0.6 is 0 Å². The summed E-state index contributed by atoms with van der Waals surface area (Å²) < 4.78 is 12.8. The molecule has 0 spiro atoms. The Labute approximate surface area is 87.8 Å². The van der Waals surface area contributed by atoms with Crippen molar-refractivity contribution in [2.24, 2.45) is 0 Å². The first-order valence-electron chi connectivity index (χ1n) is 4.59. The van der Waals surface area contributed by atoms with Gasteiger partial charge in [0.15, 0.2) is 0 Å². The van der Waals surface area contributed by atoms with Crippen molar-refractivity contribution in [2.75, 3.05) is 11.1 Å². The number of hydrogen-bond acceptors (Lipinski definition) is 2. The summed E-state index contributed by atoms with van der Waals surface area (Å²) in [6.45, 7) is 3.51. The van der Waals surface area contributed by atoms with Gasteiger partial charge in [-0.1, -0.05) is 6.08 Å². The van der Waals surface area contributed by atoms with Gasteiger partial charge in [-0.05, 0) is 24.6 Å². The number of carbonyl (C=O) groups excluding carboxylic acids is 1. The molecule has 0 fully saturated rings. The van der Waals surface area contributed by atoms with Crippen LogP contribution in [0.4, 0.5) is 15.8 Å². The SMILES string of the molecule is C=CCCC(=O)Nc1cc(F)ccc1N. The molecule has 4 heteroatoms. The molecule has 3 N–H and O–H groups in total. The maximum Gasteiger partial charge on any atom is 0.224 e. The predicted octanol–water partition coefficient (Wildman–Crippen LogP) is 2.31. The van der Waals surface area contributed by atoms with Crippen LogP contribution in [0.25, 0.3) is 0 Å². The molecule has 0 aliphatic heterocycles. The molecule has 0 heterocycles. The first-order valence-corrected chi connectivity index (χ1v) is 4.59. The molecule has 3 nitrogen and oxygen atoms in total. The Balaban J connectivity index is 2.67. The Bertz CT molecular complexity index is 377. The molecule has 0 atom stereocenters. The van der Waals surface area contributed by atoms with Gasteiger partial charge in [-0.3, -0.25) is 4.79 Å². The summed E-state index contributed by atoms with van der Waals surface area (Å²) in [7, 11) is 0. The summed E-state index contributed by atoms with van der Waals surface area (Å²) in [5.74, 6) is -0.629. The van der Waals surface area contributed by atoms with E-state index in [0.29, 0.717) is 24.2 Å². The predicted molar refractivity (Wildman–Crippen MR) is 58.9 cm³/mol. The fourth-order valence-corrected chi connectivity index (χ4v) is 1.08. The zero-order valence-electron chi connectivity index (χ0n) is 8.29. The van der Waals surface area contributed by atoms with Crippen molar-refractivity contribution in [1.82, 2.24) is 0 Å². The van der Waals surface area contributed by atoms with Crippen LogP contribution in [0.3, 0.4) is 0 Å². The van der Waals surface area contributed by atoms with E-state index in [4.69, 9.17) is 5.73 Å². The molecule has 0 unspecified atom stereocenters. The number of nitrogen functional groups attached to an aromatic ring is 1. The van der Waals surface area contributed by atoms with Crippen LogP contribution in [-0.4, -0.2) is 5.91 Å². The van der Waals surface area contributed by atoms with E-state index in [9.17, 15) is 9.18 Å². The number of rotatable bonds is 4. The molecule has 15 heavy (non-hydrogen) atoms. The van der Waals surface area contributed by atoms with Gasteiger partial charge in [0.05, 0.1) is 11.4 Å². The van der Waals surface area contributed by atoms with Crippen molar-refractivity contribution in [2.45, 2.75) is 12.8 Å². The molecule has 0 aliphatic rings. The van der Waals surface area contributed by atoms with Crippen molar-refractivity contribution in [1.29, 1.82) is 0 Å². The lowest BCUT2D eigenvalue weighted by Gasteiger charge is -2.07. The van der Waals surface area contributed by atoms with E-state index >= 15 is 0 Å². The molecule has 0 aliphatic carbocycles. The van der Waals surface area contributed by atoms with Crippen LogP contribution in [0.15, 0.2) is 30.9 Å². The topological polar surface area (TPSA) is 55.1 Å². The third-order valence-corrected chi connectivity index (χ3v) is 1.86. The number of amides is 1. The summed E-state index contributed by atoms with van der Waals surface area (Å²) in [5, 5.41) is 2.53. The zero-order valence-corrected chi connectivity index (χ0v) is 8.29. The molecule has 0 bridgehead atoms. The number of nitrogens with one attached hydrogen (secondary N) is 1. The van der Waals surface area contributed by atoms with Gasteiger partial charge >= 0.3 is 0 Å². The largest absolute Gasteiger partial charge is 0.397 e. The molecule has 0 saturated carbocycles. The molecular formula is C11H13FN2O. The Morgan fingerprint density at radius 1 is 1.60 bits per heavy atom. The minimum absolute atomic E-state index is 0.202. The lowest BCUT2D eigenvalue weighted by atomic mass is 10.2. The molecule has 0 saturated heterocycles. The summed E-state index contributed by atoms with van der Waals surface area (Å²) >= 11 is 0. The van der Waals surface area contributed by atoms with Crippen LogP contribution in [0, 0.1) is 5.82 Å². The maximum absolute atomic E-state index is 12.8. The van der Waals surface area contributed by atoms with E-state index in [1.54, 1.807) is 6.08 Å². The quantitative estimate of drug-likeness (QED) is 0.589. The minimum Gasteiger partial charge on any atom is -0.397 e. The second-order valence-corrected chi connectivity index (χ2v) is 3.11. The van der Waals surface area contributed by atoms with E-state index < -0.39 is 5.82 Å². The normalized spacial score (nSPS) is 9.67. The van der Waals surface area contributed by atoms with E-state index in [1.807, 2.05) is 0 Å².